The molecule has 2 heterocycles. The first-order valence-corrected chi connectivity index (χ1v) is 9.73. The zero-order valence-corrected chi connectivity index (χ0v) is 15.7. The van der Waals surface area contributed by atoms with Crippen LogP contribution in [0, 0.1) is 11.3 Å². The molecule has 2 aromatic carbocycles. The van der Waals surface area contributed by atoms with Gasteiger partial charge >= 0.3 is 0 Å². The lowest BCUT2D eigenvalue weighted by Gasteiger charge is -2.24. The van der Waals surface area contributed by atoms with Crippen molar-refractivity contribution in [1.29, 1.82) is 5.26 Å². The molecular formula is C22H24N3O3+. The summed E-state index contributed by atoms with van der Waals surface area (Å²) in [5.74, 6) is 1.61. The van der Waals surface area contributed by atoms with Gasteiger partial charge in [-0.25, -0.2) is 0 Å². The molecular weight excluding hydrogens is 354 g/mol. The van der Waals surface area contributed by atoms with Crippen molar-refractivity contribution in [2.45, 2.75) is 25.3 Å². The number of fused-ring (bicyclic) bond motifs is 1. The standard InChI is InChI=1S/C22H23N3O3/c23-10-9-16-3-6-18(7-4-16)24-22(26)15-25-11-1-2-19(25)17-5-8-20-21(14-17)28-13-12-27-20/h3-8,14,19H,1-2,9,11-13,15H2,(H,24,26)/p+1/t19-/m0/s1. The van der Waals surface area contributed by atoms with Gasteiger partial charge in [0.15, 0.2) is 18.0 Å². The third kappa shape index (κ3) is 4.10. The fourth-order valence-electron chi connectivity index (χ4n) is 4.01. The molecule has 0 aromatic heterocycles. The smallest absolute Gasteiger partial charge is 0.279 e. The van der Waals surface area contributed by atoms with E-state index in [1.807, 2.05) is 30.3 Å². The van der Waals surface area contributed by atoms with Gasteiger partial charge in [-0.1, -0.05) is 12.1 Å². The average Bonchev–Trinajstić information content (AvgIpc) is 3.17. The second kappa shape index (κ2) is 8.32. The van der Waals surface area contributed by atoms with Crippen LogP contribution in [-0.4, -0.2) is 32.2 Å². The number of nitrogens with one attached hydrogen (secondary N) is 2. The van der Waals surface area contributed by atoms with Gasteiger partial charge in [0.25, 0.3) is 5.91 Å². The molecule has 2 atom stereocenters. The third-order valence-electron chi connectivity index (χ3n) is 5.36. The molecule has 4 rings (SSSR count). The van der Waals surface area contributed by atoms with Crippen molar-refractivity contribution >= 4 is 11.6 Å². The molecule has 28 heavy (non-hydrogen) atoms. The number of carbonyl (C=O) groups is 1. The highest BCUT2D eigenvalue weighted by molar-refractivity contribution is 5.91. The van der Waals surface area contributed by atoms with Crippen LogP contribution in [0.3, 0.4) is 0 Å². The molecule has 0 spiro atoms. The lowest BCUT2D eigenvalue weighted by atomic mass is 10.0. The Bertz CT molecular complexity index is 889. The van der Waals surface area contributed by atoms with Gasteiger partial charge in [0.1, 0.15) is 19.3 Å². The number of nitriles is 1. The molecule has 1 amide bonds. The van der Waals surface area contributed by atoms with Crippen molar-refractivity contribution in [2.75, 3.05) is 31.6 Å². The third-order valence-corrected chi connectivity index (χ3v) is 5.36. The van der Waals surface area contributed by atoms with Crippen LogP contribution in [0.4, 0.5) is 5.69 Å². The first-order valence-electron chi connectivity index (χ1n) is 9.73. The van der Waals surface area contributed by atoms with Gasteiger partial charge < -0.3 is 19.7 Å². The molecule has 2 N–H and O–H groups in total. The second-order valence-corrected chi connectivity index (χ2v) is 7.26. The summed E-state index contributed by atoms with van der Waals surface area (Å²) in [7, 11) is 0. The SMILES string of the molecule is N#CCc1ccc(NC(=O)C[NH+]2CCC[C@H]2c2ccc3c(c2)OCCO3)cc1. The Morgan fingerprint density at radius 3 is 2.71 bits per heavy atom. The lowest BCUT2D eigenvalue weighted by Crippen LogP contribution is -3.11. The Morgan fingerprint density at radius 1 is 1.14 bits per heavy atom. The quantitative estimate of drug-likeness (QED) is 0.833. The van der Waals surface area contributed by atoms with Crippen LogP contribution in [0.25, 0.3) is 0 Å². The largest absolute Gasteiger partial charge is 0.486 e. The lowest BCUT2D eigenvalue weighted by molar-refractivity contribution is -0.910. The average molecular weight is 378 g/mol. The Morgan fingerprint density at radius 2 is 1.93 bits per heavy atom. The first kappa shape index (κ1) is 18.3. The van der Waals surface area contributed by atoms with E-state index in [0.717, 1.165) is 42.1 Å². The molecule has 2 aliphatic heterocycles. The topological polar surface area (TPSA) is 75.8 Å². The maximum atomic E-state index is 12.6. The Hall–Kier alpha value is -3.04. The van der Waals surface area contributed by atoms with Crippen molar-refractivity contribution in [1.82, 2.24) is 0 Å². The van der Waals surface area contributed by atoms with Gasteiger partial charge in [-0.15, -0.1) is 0 Å². The number of hydrogen-bond acceptors (Lipinski definition) is 4. The molecule has 1 saturated heterocycles. The summed E-state index contributed by atoms with van der Waals surface area (Å²) in [6.07, 6.45) is 2.54. The predicted molar refractivity (Wildman–Crippen MR) is 104 cm³/mol. The van der Waals surface area contributed by atoms with Crippen molar-refractivity contribution in [3.63, 3.8) is 0 Å². The summed E-state index contributed by atoms with van der Waals surface area (Å²) in [4.78, 5) is 13.8. The van der Waals surface area contributed by atoms with E-state index in [9.17, 15) is 4.79 Å². The van der Waals surface area contributed by atoms with Gasteiger partial charge in [0.2, 0.25) is 0 Å². The van der Waals surface area contributed by atoms with Gasteiger partial charge in [-0.2, -0.15) is 5.26 Å². The number of anilines is 1. The Kier molecular flexibility index (Phi) is 5.45. The van der Waals surface area contributed by atoms with E-state index >= 15 is 0 Å². The van der Waals surface area contributed by atoms with E-state index < -0.39 is 0 Å². The molecule has 1 unspecified atom stereocenters. The number of benzene rings is 2. The van der Waals surface area contributed by atoms with E-state index in [1.54, 1.807) is 0 Å². The monoisotopic (exact) mass is 378 g/mol. The summed E-state index contributed by atoms with van der Waals surface area (Å²) in [5.41, 5.74) is 2.91. The minimum Gasteiger partial charge on any atom is -0.486 e. The van der Waals surface area contributed by atoms with Gasteiger partial charge in [-0.05, 0) is 35.9 Å². The summed E-state index contributed by atoms with van der Waals surface area (Å²) in [6.45, 7) is 2.57. The summed E-state index contributed by atoms with van der Waals surface area (Å²) in [5, 5.41) is 11.7. The van der Waals surface area contributed by atoms with E-state index in [0.29, 0.717) is 32.2 Å². The highest BCUT2D eigenvalue weighted by atomic mass is 16.6. The number of likely N-dealkylation sites (tertiary alicyclic amines) is 1. The molecule has 6 heteroatoms. The number of carbonyl (C=O) groups excluding carboxylic acids is 1. The molecule has 6 nitrogen and oxygen atoms in total. The number of quaternary nitrogens is 1. The Balaban J connectivity index is 1.39. The maximum Gasteiger partial charge on any atom is 0.279 e. The van der Waals surface area contributed by atoms with E-state index in [4.69, 9.17) is 14.7 Å². The normalized spacial score (nSPS) is 20.4. The van der Waals surface area contributed by atoms with E-state index in [2.05, 4.69) is 23.5 Å². The molecule has 0 saturated carbocycles. The van der Waals surface area contributed by atoms with Crippen molar-refractivity contribution in [2.24, 2.45) is 0 Å². The highest BCUT2D eigenvalue weighted by Crippen LogP contribution is 2.33. The van der Waals surface area contributed by atoms with Gasteiger partial charge in [-0.3, -0.25) is 4.79 Å². The molecule has 0 radical (unpaired) electrons. The molecule has 0 bridgehead atoms. The first-order chi connectivity index (χ1) is 13.7. The predicted octanol–water partition coefficient (Wildman–Crippen LogP) is 1.88. The van der Waals surface area contributed by atoms with Crippen molar-refractivity contribution in [3.05, 3.63) is 53.6 Å². The fourth-order valence-corrected chi connectivity index (χ4v) is 4.01. The number of rotatable bonds is 5. The molecule has 144 valence electrons. The van der Waals surface area contributed by atoms with Crippen LogP contribution in [0.1, 0.15) is 30.0 Å². The molecule has 0 aliphatic carbocycles. The van der Waals surface area contributed by atoms with E-state index in [-0.39, 0.29) is 5.91 Å². The van der Waals surface area contributed by atoms with Crippen molar-refractivity contribution < 1.29 is 19.2 Å². The highest BCUT2D eigenvalue weighted by Gasteiger charge is 2.32. The molecule has 2 aliphatic rings. The maximum absolute atomic E-state index is 12.6. The molecule has 1 fully saturated rings. The van der Waals surface area contributed by atoms with Crippen LogP contribution >= 0.6 is 0 Å². The summed E-state index contributed by atoms with van der Waals surface area (Å²) in [6, 6.07) is 16.0. The van der Waals surface area contributed by atoms with Crippen molar-refractivity contribution in [3.8, 4) is 17.6 Å². The van der Waals surface area contributed by atoms with Gasteiger partial charge in [0, 0.05) is 24.1 Å². The van der Waals surface area contributed by atoms with Crippen LogP contribution in [0.5, 0.6) is 11.5 Å². The minimum atomic E-state index is 0.00692. The number of amides is 1. The molecule has 2 aromatic rings. The summed E-state index contributed by atoms with van der Waals surface area (Å²) >= 11 is 0. The number of ether oxygens (including phenoxy) is 2. The number of nitrogens with zero attached hydrogens (tertiary/aromatic N) is 1. The minimum absolute atomic E-state index is 0.00692. The van der Waals surface area contributed by atoms with Gasteiger partial charge in [0.05, 0.1) is 19.0 Å². The van der Waals surface area contributed by atoms with Crippen LogP contribution in [0.15, 0.2) is 42.5 Å². The second-order valence-electron chi connectivity index (χ2n) is 7.26. The van der Waals surface area contributed by atoms with Crippen LogP contribution in [-0.2, 0) is 11.2 Å². The van der Waals surface area contributed by atoms with E-state index in [1.165, 1.54) is 10.5 Å². The van der Waals surface area contributed by atoms with Crippen LogP contribution in [0.2, 0.25) is 0 Å². The zero-order chi connectivity index (χ0) is 19.3. The number of hydrogen-bond donors (Lipinski definition) is 2. The summed E-state index contributed by atoms with van der Waals surface area (Å²) < 4.78 is 11.3. The van der Waals surface area contributed by atoms with Crippen LogP contribution < -0.4 is 19.7 Å². The zero-order valence-electron chi connectivity index (χ0n) is 15.7. The fraction of sp³-hybridized carbons (Fsp3) is 0.364. The Labute approximate surface area is 164 Å².